The summed E-state index contributed by atoms with van der Waals surface area (Å²) in [5.74, 6) is -1.06. The molecule has 0 spiro atoms. The minimum absolute atomic E-state index is 0. The van der Waals surface area contributed by atoms with E-state index in [0.717, 1.165) is 23.9 Å². The molecule has 0 aromatic heterocycles. The second kappa shape index (κ2) is 11.3. The van der Waals surface area contributed by atoms with Crippen molar-refractivity contribution in [1.82, 2.24) is 5.32 Å². The Balaban J connectivity index is 0.00000364. The minimum atomic E-state index is -0.597. The predicted octanol–water partition coefficient (Wildman–Crippen LogP) is 3.97. The molecule has 0 atom stereocenters. The largest absolute Gasteiger partial charge is 0.494 e. The van der Waals surface area contributed by atoms with Gasteiger partial charge in [-0.05, 0) is 36.4 Å². The van der Waals surface area contributed by atoms with Crippen LogP contribution in [-0.4, -0.2) is 25.3 Å². The molecule has 0 fully saturated rings. The predicted molar refractivity (Wildman–Crippen MR) is 106 cm³/mol. The molecule has 0 heterocycles. The number of halogens is 2. The molecule has 0 saturated carbocycles. The van der Waals surface area contributed by atoms with E-state index in [1.165, 1.54) is 19.2 Å². The summed E-state index contributed by atoms with van der Waals surface area (Å²) in [5.41, 5.74) is 1.93. The average Bonchev–Trinajstić information content (AvgIpc) is 2.65. The first kappa shape index (κ1) is 22.6. The fourth-order valence-corrected chi connectivity index (χ4v) is 2.48. The summed E-state index contributed by atoms with van der Waals surface area (Å²) in [7, 11) is 1.36. The highest BCUT2D eigenvalue weighted by Crippen LogP contribution is 2.19. The lowest BCUT2D eigenvalue weighted by atomic mass is 10.1. The van der Waals surface area contributed by atoms with Crippen LogP contribution in [0.1, 0.15) is 35.7 Å². The van der Waals surface area contributed by atoms with E-state index < -0.39 is 5.82 Å². The SMILES string of the molecule is CCNCc1ccccc1NC(=O)CCC(=O)c1ccc(OC)c(F)c1.Cl. The number of carbonyl (C=O) groups is 2. The van der Waals surface area contributed by atoms with E-state index in [1.807, 2.05) is 31.2 Å². The highest BCUT2D eigenvalue weighted by Gasteiger charge is 2.13. The Morgan fingerprint density at radius 2 is 1.85 bits per heavy atom. The maximum absolute atomic E-state index is 13.7. The number of Topliss-reactive ketones (excluding diaryl/α,β-unsaturated/α-hetero) is 1. The van der Waals surface area contributed by atoms with Gasteiger partial charge in [-0.25, -0.2) is 4.39 Å². The van der Waals surface area contributed by atoms with Gasteiger partial charge in [-0.15, -0.1) is 12.4 Å². The van der Waals surface area contributed by atoms with E-state index in [0.29, 0.717) is 6.54 Å². The molecule has 0 bridgehead atoms. The Morgan fingerprint density at radius 1 is 1.11 bits per heavy atom. The number of rotatable bonds is 9. The second-order valence-corrected chi connectivity index (χ2v) is 5.76. The topological polar surface area (TPSA) is 67.4 Å². The van der Waals surface area contributed by atoms with Crippen LogP contribution >= 0.6 is 12.4 Å². The molecule has 2 aromatic carbocycles. The average molecular weight is 395 g/mol. The molecule has 27 heavy (non-hydrogen) atoms. The van der Waals surface area contributed by atoms with E-state index in [2.05, 4.69) is 10.6 Å². The van der Waals surface area contributed by atoms with Gasteiger partial charge in [0.05, 0.1) is 7.11 Å². The molecular formula is C20H24ClFN2O3. The maximum Gasteiger partial charge on any atom is 0.224 e. The number of hydrogen-bond acceptors (Lipinski definition) is 4. The number of ether oxygens (including phenoxy) is 1. The molecule has 5 nitrogen and oxygen atoms in total. The molecule has 146 valence electrons. The Labute approximate surface area is 164 Å². The van der Waals surface area contributed by atoms with Crippen LogP contribution in [0.2, 0.25) is 0 Å². The summed E-state index contributed by atoms with van der Waals surface area (Å²) in [6, 6.07) is 11.5. The van der Waals surface area contributed by atoms with Crippen molar-refractivity contribution in [2.75, 3.05) is 19.0 Å². The number of para-hydroxylation sites is 1. The summed E-state index contributed by atoms with van der Waals surface area (Å²) in [4.78, 5) is 24.3. The van der Waals surface area contributed by atoms with Gasteiger partial charge in [0, 0.05) is 30.6 Å². The first-order valence-electron chi connectivity index (χ1n) is 8.50. The van der Waals surface area contributed by atoms with Gasteiger partial charge < -0.3 is 15.4 Å². The highest BCUT2D eigenvalue weighted by molar-refractivity contribution is 6.00. The van der Waals surface area contributed by atoms with Gasteiger partial charge in [0.2, 0.25) is 5.91 Å². The van der Waals surface area contributed by atoms with E-state index >= 15 is 0 Å². The maximum atomic E-state index is 13.7. The number of carbonyl (C=O) groups excluding carboxylic acids is 2. The molecule has 0 aliphatic carbocycles. The zero-order valence-electron chi connectivity index (χ0n) is 15.4. The molecular weight excluding hydrogens is 371 g/mol. The molecule has 0 saturated heterocycles. The Hall–Kier alpha value is -2.44. The number of amides is 1. The van der Waals surface area contributed by atoms with E-state index in [9.17, 15) is 14.0 Å². The number of methoxy groups -OCH3 is 1. The molecule has 0 radical (unpaired) electrons. The van der Waals surface area contributed by atoms with Crippen molar-refractivity contribution in [3.8, 4) is 5.75 Å². The Bertz CT molecular complexity index is 784. The smallest absolute Gasteiger partial charge is 0.224 e. The lowest BCUT2D eigenvalue weighted by Crippen LogP contribution is -2.17. The van der Waals surface area contributed by atoms with Crippen LogP contribution in [0.25, 0.3) is 0 Å². The molecule has 0 aliphatic rings. The summed E-state index contributed by atoms with van der Waals surface area (Å²) < 4.78 is 18.5. The summed E-state index contributed by atoms with van der Waals surface area (Å²) in [6.45, 7) is 3.49. The lowest BCUT2D eigenvalue weighted by Gasteiger charge is -2.11. The Kier molecular flexibility index (Phi) is 9.47. The molecule has 1 amide bonds. The number of nitrogens with one attached hydrogen (secondary N) is 2. The van der Waals surface area contributed by atoms with Crippen LogP contribution in [0.5, 0.6) is 5.75 Å². The Morgan fingerprint density at radius 3 is 2.52 bits per heavy atom. The molecule has 2 rings (SSSR count). The molecule has 0 aliphatic heterocycles. The number of anilines is 1. The number of benzene rings is 2. The van der Waals surface area contributed by atoms with Crippen molar-refractivity contribution in [2.24, 2.45) is 0 Å². The first-order valence-corrected chi connectivity index (χ1v) is 8.50. The fourth-order valence-electron chi connectivity index (χ4n) is 2.48. The van der Waals surface area contributed by atoms with Crippen LogP contribution in [0.15, 0.2) is 42.5 Å². The molecule has 0 unspecified atom stereocenters. The van der Waals surface area contributed by atoms with E-state index in [1.54, 1.807) is 0 Å². The van der Waals surface area contributed by atoms with E-state index in [-0.39, 0.29) is 48.3 Å². The third-order valence-electron chi connectivity index (χ3n) is 3.91. The minimum Gasteiger partial charge on any atom is -0.494 e. The number of ketones is 1. The van der Waals surface area contributed by atoms with E-state index in [4.69, 9.17) is 4.74 Å². The summed E-state index contributed by atoms with van der Waals surface area (Å²) in [6.07, 6.45) is 0.0367. The zero-order chi connectivity index (χ0) is 18.9. The van der Waals surface area contributed by atoms with Gasteiger partial charge in [0.1, 0.15) is 0 Å². The van der Waals surface area contributed by atoms with Gasteiger partial charge in [-0.3, -0.25) is 9.59 Å². The van der Waals surface area contributed by atoms with Crippen molar-refractivity contribution >= 4 is 29.8 Å². The van der Waals surface area contributed by atoms with Crippen molar-refractivity contribution in [3.05, 3.63) is 59.4 Å². The van der Waals surface area contributed by atoms with Gasteiger partial charge in [-0.1, -0.05) is 25.1 Å². The first-order chi connectivity index (χ1) is 12.5. The number of hydrogen-bond donors (Lipinski definition) is 2. The standard InChI is InChI=1S/C20H23FN2O3.ClH/c1-3-22-13-15-6-4-5-7-17(15)23-20(25)11-9-18(24)14-8-10-19(26-2)16(21)12-14;/h4-8,10,12,22H,3,9,11,13H2,1-2H3,(H,23,25);1H. The van der Waals surface area contributed by atoms with Gasteiger partial charge in [-0.2, -0.15) is 0 Å². The van der Waals surface area contributed by atoms with Gasteiger partial charge >= 0.3 is 0 Å². The second-order valence-electron chi connectivity index (χ2n) is 5.76. The van der Waals surface area contributed by atoms with Gasteiger partial charge in [0.25, 0.3) is 0 Å². The van der Waals surface area contributed by atoms with Crippen LogP contribution in [0.3, 0.4) is 0 Å². The monoisotopic (exact) mass is 394 g/mol. The van der Waals surface area contributed by atoms with Crippen molar-refractivity contribution in [3.63, 3.8) is 0 Å². The zero-order valence-corrected chi connectivity index (χ0v) is 16.2. The van der Waals surface area contributed by atoms with Crippen molar-refractivity contribution in [2.45, 2.75) is 26.3 Å². The third kappa shape index (κ3) is 6.66. The fraction of sp³-hybridized carbons (Fsp3) is 0.300. The van der Waals surface area contributed by atoms with Crippen LogP contribution < -0.4 is 15.4 Å². The summed E-state index contributed by atoms with van der Waals surface area (Å²) in [5, 5.41) is 6.04. The summed E-state index contributed by atoms with van der Waals surface area (Å²) >= 11 is 0. The molecule has 7 heteroatoms. The van der Waals surface area contributed by atoms with Crippen LogP contribution in [0, 0.1) is 5.82 Å². The van der Waals surface area contributed by atoms with Crippen LogP contribution in [-0.2, 0) is 11.3 Å². The quantitative estimate of drug-likeness (QED) is 0.631. The molecule has 2 N–H and O–H groups in total. The van der Waals surface area contributed by atoms with Gasteiger partial charge in [0.15, 0.2) is 17.3 Å². The highest BCUT2D eigenvalue weighted by atomic mass is 35.5. The van der Waals surface area contributed by atoms with Crippen LogP contribution in [0.4, 0.5) is 10.1 Å². The molecule has 2 aromatic rings. The van der Waals surface area contributed by atoms with Crippen molar-refractivity contribution in [1.29, 1.82) is 0 Å². The lowest BCUT2D eigenvalue weighted by molar-refractivity contribution is -0.116. The normalized spacial score (nSPS) is 10.0. The van der Waals surface area contributed by atoms with Crippen molar-refractivity contribution < 1.29 is 18.7 Å². The third-order valence-corrected chi connectivity index (χ3v) is 3.91.